The van der Waals surface area contributed by atoms with Gasteiger partial charge in [0.15, 0.2) is 0 Å². The van der Waals surface area contributed by atoms with Gasteiger partial charge < -0.3 is 4.90 Å². The van der Waals surface area contributed by atoms with Crippen LogP contribution in [0.1, 0.15) is 45.3 Å². The van der Waals surface area contributed by atoms with Gasteiger partial charge in [-0.25, -0.2) is 8.42 Å². The van der Waals surface area contributed by atoms with E-state index in [1.807, 2.05) is 19.1 Å². The van der Waals surface area contributed by atoms with Crippen LogP contribution in [0.15, 0.2) is 22.4 Å². The first kappa shape index (κ1) is 20.5. The molecule has 0 N–H and O–H groups in total. The van der Waals surface area contributed by atoms with E-state index in [1.54, 1.807) is 22.3 Å². The molecule has 1 aliphatic heterocycles. The zero-order chi connectivity index (χ0) is 19.6. The predicted octanol–water partition coefficient (Wildman–Crippen LogP) is 3.78. The Morgan fingerprint density at radius 1 is 1.11 bits per heavy atom. The fraction of sp³-hybridized carbons (Fsp3) is 0.526. The van der Waals surface area contributed by atoms with Gasteiger partial charge in [0.1, 0.15) is 4.21 Å². The fourth-order valence-electron chi connectivity index (χ4n) is 3.28. The first-order valence-electron chi connectivity index (χ1n) is 9.34. The summed E-state index contributed by atoms with van der Waals surface area (Å²) >= 11 is 2.89. The minimum absolute atomic E-state index is 0.0288. The second kappa shape index (κ2) is 8.43. The van der Waals surface area contributed by atoms with Crippen LogP contribution in [0.25, 0.3) is 0 Å². The summed E-state index contributed by atoms with van der Waals surface area (Å²) in [6, 6.07) is 5.52. The highest BCUT2D eigenvalue weighted by Gasteiger charge is 2.31. The van der Waals surface area contributed by atoms with Gasteiger partial charge in [-0.1, -0.05) is 20.3 Å². The molecule has 8 heteroatoms. The van der Waals surface area contributed by atoms with Crippen LogP contribution in [0.3, 0.4) is 0 Å². The number of piperazine rings is 1. The average molecular weight is 427 g/mol. The maximum Gasteiger partial charge on any atom is 0.264 e. The van der Waals surface area contributed by atoms with Crippen molar-refractivity contribution >= 4 is 38.6 Å². The lowest BCUT2D eigenvalue weighted by Crippen LogP contribution is -2.50. The van der Waals surface area contributed by atoms with Crippen molar-refractivity contribution in [3.8, 4) is 0 Å². The highest BCUT2D eigenvalue weighted by atomic mass is 32.2. The van der Waals surface area contributed by atoms with Crippen LogP contribution in [-0.2, 0) is 22.9 Å². The second-order valence-corrected chi connectivity index (χ2v) is 11.3. The van der Waals surface area contributed by atoms with E-state index in [2.05, 4.69) is 13.8 Å². The molecule has 1 amide bonds. The third-order valence-corrected chi connectivity index (χ3v) is 9.39. The third-order valence-electron chi connectivity index (χ3n) is 4.80. The van der Waals surface area contributed by atoms with Gasteiger partial charge in [0.05, 0.1) is 4.88 Å². The minimum atomic E-state index is -3.45. The molecule has 0 atom stereocenters. The molecule has 0 saturated carbocycles. The number of hydrogen-bond acceptors (Lipinski definition) is 5. The maximum absolute atomic E-state index is 12.9. The van der Waals surface area contributed by atoms with Gasteiger partial charge in [0, 0.05) is 35.9 Å². The van der Waals surface area contributed by atoms with Crippen molar-refractivity contribution in [2.45, 2.75) is 44.2 Å². The Kier molecular flexibility index (Phi) is 6.40. The van der Waals surface area contributed by atoms with Crippen molar-refractivity contribution in [3.63, 3.8) is 0 Å². The average Bonchev–Trinajstić information content (AvgIpc) is 3.28. The molecule has 27 heavy (non-hydrogen) atoms. The van der Waals surface area contributed by atoms with E-state index in [1.165, 1.54) is 26.1 Å². The second-order valence-electron chi connectivity index (χ2n) is 6.72. The standard InChI is InChI=1S/C19H26N2O3S3/c1-4-6-16-15(5-2)13-17(26-16)19(22)20-9-11-21(12-10-20)27(23,24)18-8-7-14(3)25-18/h7-8,13H,4-6,9-12H2,1-3H3. The Morgan fingerprint density at radius 2 is 1.81 bits per heavy atom. The van der Waals surface area contributed by atoms with Crippen LogP contribution in [0, 0.1) is 6.92 Å². The van der Waals surface area contributed by atoms with Crippen LogP contribution < -0.4 is 0 Å². The molecule has 5 nitrogen and oxygen atoms in total. The number of nitrogens with zero attached hydrogens (tertiary/aromatic N) is 2. The van der Waals surface area contributed by atoms with E-state index in [0.717, 1.165) is 29.0 Å². The molecule has 2 aromatic rings. The molecule has 0 unspecified atom stereocenters. The summed E-state index contributed by atoms with van der Waals surface area (Å²) in [5.41, 5.74) is 1.26. The van der Waals surface area contributed by atoms with Gasteiger partial charge in [-0.2, -0.15) is 4.31 Å². The highest BCUT2D eigenvalue weighted by Crippen LogP contribution is 2.28. The van der Waals surface area contributed by atoms with Crippen molar-refractivity contribution in [3.05, 3.63) is 38.4 Å². The number of aryl methyl sites for hydroxylation is 3. The number of thiophene rings is 2. The summed E-state index contributed by atoms with van der Waals surface area (Å²) in [6.45, 7) is 7.73. The molecule has 1 saturated heterocycles. The largest absolute Gasteiger partial charge is 0.335 e. The Morgan fingerprint density at radius 3 is 2.37 bits per heavy atom. The van der Waals surface area contributed by atoms with E-state index in [9.17, 15) is 13.2 Å². The monoisotopic (exact) mass is 426 g/mol. The molecule has 2 aromatic heterocycles. The van der Waals surface area contributed by atoms with E-state index in [0.29, 0.717) is 30.4 Å². The van der Waals surface area contributed by atoms with Crippen molar-refractivity contribution in [2.24, 2.45) is 0 Å². The summed E-state index contributed by atoms with van der Waals surface area (Å²) < 4.78 is 27.4. The van der Waals surface area contributed by atoms with Crippen LogP contribution in [0.4, 0.5) is 0 Å². The van der Waals surface area contributed by atoms with Crippen LogP contribution in [-0.4, -0.2) is 49.7 Å². The highest BCUT2D eigenvalue weighted by molar-refractivity contribution is 7.91. The molecule has 148 valence electrons. The third kappa shape index (κ3) is 4.29. The zero-order valence-corrected chi connectivity index (χ0v) is 18.5. The molecular formula is C19H26N2O3S3. The Labute approximate surface area is 169 Å². The molecule has 3 heterocycles. The van der Waals surface area contributed by atoms with Gasteiger partial charge in [-0.3, -0.25) is 4.79 Å². The van der Waals surface area contributed by atoms with Gasteiger partial charge in [0.25, 0.3) is 15.9 Å². The topological polar surface area (TPSA) is 57.7 Å². The van der Waals surface area contributed by atoms with E-state index < -0.39 is 10.0 Å². The Hall–Kier alpha value is -1.22. The summed E-state index contributed by atoms with van der Waals surface area (Å²) in [4.78, 5) is 17.7. The predicted molar refractivity (Wildman–Crippen MR) is 111 cm³/mol. The van der Waals surface area contributed by atoms with Gasteiger partial charge >= 0.3 is 0 Å². The summed E-state index contributed by atoms with van der Waals surface area (Å²) in [5, 5.41) is 0. The molecule has 0 bridgehead atoms. The Bertz CT molecular complexity index is 907. The van der Waals surface area contributed by atoms with Crippen molar-refractivity contribution in [1.29, 1.82) is 0 Å². The number of rotatable bonds is 6. The van der Waals surface area contributed by atoms with Gasteiger partial charge in [-0.05, 0) is 43.5 Å². The molecule has 0 aromatic carbocycles. The first-order valence-corrected chi connectivity index (χ1v) is 12.4. The first-order chi connectivity index (χ1) is 12.9. The van der Waals surface area contributed by atoms with Crippen LogP contribution in [0.2, 0.25) is 0 Å². The SMILES string of the molecule is CCCc1sc(C(=O)N2CCN(S(=O)(=O)c3ccc(C)s3)CC2)cc1CC. The maximum atomic E-state index is 12.9. The lowest BCUT2D eigenvalue weighted by Gasteiger charge is -2.33. The lowest BCUT2D eigenvalue weighted by atomic mass is 10.1. The van der Waals surface area contributed by atoms with Crippen molar-refractivity contribution in [1.82, 2.24) is 9.21 Å². The summed E-state index contributed by atoms with van der Waals surface area (Å²) in [7, 11) is -3.45. The summed E-state index contributed by atoms with van der Waals surface area (Å²) in [5.74, 6) is 0.0288. The molecule has 0 spiro atoms. The van der Waals surface area contributed by atoms with Crippen molar-refractivity contribution < 1.29 is 13.2 Å². The normalized spacial score (nSPS) is 16.0. The minimum Gasteiger partial charge on any atom is -0.335 e. The van der Waals surface area contributed by atoms with E-state index in [-0.39, 0.29) is 5.91 Å². The van der Waals surface area contributed by atoms with Crippen LogP contribution in [0.5, 0.6) is 0 Å². The lowest BCUT2D eigenvalue weighted by molar-refractivity contribution is 0.0703. The smallest absolute Gasteiger partial charge is 0.264 e. The molecule has 0 aliphatic carbocycles. The van der Waals surface area contributed by atoms with E-state index in [4.69, 9.17) is 0 Å². The van der Waals surface area contributed by atoms with Crippen LogP contribution >= 0.6 is 22.7 Å². The number of carbonyl (C=O) groups excluding carboxylic acids is 1. The molecular weight excluding hydrogens is 400 g/mol. The molecule has 1 aliphatic rings. The molecule has 3 rings (SSSR count). The molecule has 1 fully saturated rings. The van der Waals surface area contributed by atoms with Crippen molar-refractivity contribution in [2.75, 3.05) is 26.2 Å². The Balaban J connectivity index is 1.68. The summed E-state index contributed by atoms with van der Waals surface area (Å²) in [6.07, 6.45) is 3.01. The number of sulfonamides is 1. The quantitative estimate of drug-likeness (QED) is 0.706. The molecule has 0 radical (unpaired) electrons. The zero-order valence-electron chi connectivity index (χ0n) is 16.0. The number of amides is 1. The van der Waals surface area contributed by atoms with Gasteiger partial charge in [0.2, 0.25) is 0 Å². The number of carbonyl (C=O) groups is 1. The fourth-order valence-corrected chi connectivity index (χ4v) is 7.46. The van der Waals surface area contributed by atoms with Gasteiger partial charge in [-0.15, -0.1) is 22.7 Å². The number of hydrogen-bond donors (Lipinski definition) is 0. The van der Waals surface area contributed by atoms with E-state index >= 15 is 0 Å².